The molecule has 0 fully saturated rings. The Morgan fingerprint density at radius 1 is 1.47 bits per heavy atom. The highest BCUT2D eigenvalue weighted by Gasteiger charge is 2.02. The number of hydrogen-bond acceptors (Lipinski definition) is 3. The molecule has 0 amide bonds. The molecule has 0 atom stereocenters. The molecule has 0 saturated carbocycles. The average molecular weight is 263 g/mol. The Morgan fingerprint density at radius 2 is 2.33 bits per heavy atom. The molecule has 4 nitrogen and oxygen atoms in total. The molecular weight excluding hydrogens is 256 g/mol. The van der Waals surface area contributed by atoms with E-state index in [0.717, 1.165) is 10.0 Å². The fourth-order valence-electron chi connectivity index (χ4n) is 1.29. The second-order valence-corrected chi connectivity index (χ2v) is 3.92. The van der Waals surface area contributed by atoms with Crippen LogP contribution in [0.2, 0.25) is 0 Å². The maximum absolute atomic E-state index is 8.78. The molecule has 0 aliphatic carbocycles. The summed E-state index contributed by atoms with van der Waals surface area (Å²) < 4.78 is 2.71. The van der Waals surface area contributed by atoms with Crippen molar-refractivity contribution in [1.29, 1.82) is 5.26 Å². The first kappa shape index (κ1) is 9.87. The van der Waals surface area contributed by atoms with E-state index in [1.165, 1.54) is 0 Å². The van der Waals surface area contributed by atoms with E-state index in [9.17, 15) is 0 Å². The van der Waals surface area contributed by atoms with Crippen molar-refractivity contribution in [3.05, 3.63) is 46.7 Å². The van der Waals surface area contributed by atoms with Gasteiger partial charge >= 0.3 is 0 Å². The molecule has 0 N–H and O–H groups in total. The van der Waals surface area contributed by atoms with Gasteiger partial charge in [-0.15, -0.1) is 0 Å². The minimum Gasteiger partial charge on any atom is -0.318 e. The van der Waals surface area contributed by atoms with Crippen molar-refractivity contribution in [1.82, 2.24) is 14.5 Å². The van der Waals surface area contributed by atoms with E-state index in [0.29, 0.717) is 12.4 Å². The Labute approximate surface area is 95.3 Å². The van der Waals surface area contributed by atoms with Crippen molar-refractivity contribution in [3.63, 3.8) is 0 Å². The lowest BCUT2D eigenvalue weighted by molar-refractivity contribution is 0.778. The molecule has 2 aromatic rings. The van der Waals surface area contributed by atoms with Crippen LogP contribution < -0.4 is 0 Å². The van der Waals surface area contributed by atoms with E-state index >= 15 is 0 Å². The third-order valence-corrected chi connectivity index (χ3v) is 2.36. The van der Waals surface area contributed by atoms with Crippen molar-refractivity contribution >= 4 is 15.9 Å². The monoisotopic (exact) mass is 262 g/mol. The number of rotatable bonds is 2. The van der Waals surface area contributed by atoms with E-state index in [1.807, 2.05) is 12.1 Å². The van der Waals surface area contributed by atoms with Crippen LogP contribution >= 0.6 is 15.9 Å². The molecule has 5 heteroatoms. The van der Waals surface area contributed by atoms with Crippen molar-refractivity contribution < 1.29 is 0 Å². The lowest BCUT2D eigenvalue weighted by Gasteiger charge is -2.03. The standard InChI is InChI=1S/C10H7BrN4/c11-9-3-8(5-13-6-9)7-15-2-1-14-10(15)4-12/h1-3,5-6H,7H2. The van der Waals surface area contributed by atoms with E-state index in [1.54, 1.807) is 29.4 Å². The summed E-state index contributed by atoms with van der Waals surface area (Å²) in [4.78, 5) is 7.98. The summed E-state index contributed by atoms with van der Waals surface area (Å²) in [7, 11) is 0. The summed E-state index contributed by atoms with van der Waals surface area (Å²) >= 11 is 3.35. The molecule has 0 aliphatic heterocycles. The lowest BCUT2D eigenvalue weighted by atomic mass is 10.3. The smallest absolute Gasteiger partial charge is 0.213 e. The molecule has 0 aliphatic rings. The van der Waals surface area contributed by atoms with Crippen LogP contribution in [-0.2, 0) is 6.54 Å². The number of halogens is 1. The van der Waals surface area contributed by atoms with Gasteiger partial charge in [0.15, 0.2) is 0 Å². The summed E-state index contributed by atoms with van der Waals surface area (Å²) in [6, 6.07) is 4.00. The second-order valence-electron chi connectivity index (χ2n) is 3.00. The maximum Gasteiger partial charge on any atom is 0.213 e. The maximum atomic E-state index is 8.78. The largest absolute Gasteiger partial charge is 0.318 e. The highest BCUT2D eigenvalue weighted by Crippen LogP contribution is 2.11. The molecule has 2 rings (SSSR count). The topological polar surface area (TPSA) is 54.5 Å². The predicted octanol–water partition coefficient (Wildman–Crippen LogP) is 1.96. The van der Waals surface area contributed by atoms with Crippen LogP contribution in [0.3, 0.4) is 0 Å². The fourth-order valence-corrected chi connectivity index (χ4v) is 1.70. The molecule has 2 heterocycles. The number of imidazole rings is 1. The van der Waals surface area contributed by atoms with Gasteiger partial charge in [-0.05, 0) is 27.6 Å². The lowest BCUT2D eigenvalue weighted by Crippen LogP contribution is -2.01. The summed E-state index contributed by atoms with van der Waals surface area (Å²) in [5, 5.41) is 8.78. The quantitative estimate of drug-likeness (QED) is 0.832. The van der Waals surface area contributed by atoms with Gasteiger partial charge in [0.05, 0.1) is 6.54 Å². The Kier molecular flexibility index (Phi) is 2.79. The number of aromatic nitrogens is 3. The van der Waals surface area contributed by atoms with Gasteiger partial charge in [0, 0.05) is 29.3 Å². The molecular formula is C10H7BrN4. The number of nitrogens with zero attached hydrogens (tertiary/aromatic N) is 4. The van der Waals surface area contributed by atoms with E-state index in [-0.39, 0.29) is 0 Å². The van der Waals surface area contributed by atoms with Crippen LogP contribution in [0, 0.1) is 11.3 Å². The molecule has 0 radical (unpaired) electrons. The highest BCUT2D eigenvalue weighted by molar-refractivity contribution is 9.10. The minimum atomic E-state index is 0.412. The Balaban J connectivity index is 2.26. The molecule has 0 spiro atoms. The summed E-state index contributed by atoms with van der Waals surface area (Å²) in [6.07, 6.45) is 6.89. The first-order valence-electron chi connectivity index (χ1n) is 4.30. The van der Waals surface area contributed by atoms with Crippen LogP contribution in [0.4, 0.5) is 0 Å². The van der Waals surface area contributed by atoms with Gasteiger partial charge in [-0.25, -0.2) is 4.98 Å². The van der Waals surface area contributed by atoms with Gasteiger partial charge in [-0.2, -0.15) is 5.26 Å². The van der Waals surface area contributed by atoms with E-state index in [4.69, 9.17) is 5.26 Å². The van der Waals surface area contributed by atoms with Crippen LogP contribution in [-0.4, -0.2) is 14.5 Å². The molecule has 2 aromatic heterocycles. The Morgan fingerprint density at radius 3 is 3.07 bits per heavy atom. The van der Waals surface area contributed by atoms with Gasteiger partial charge in [0.1, 0.15) is 6.07 Å². The zero-order chi connectivity index (χ0) is 10.7. The van der Waals surface area contributed by atoms with Gasteiger partial charge in [-0.3, -0.25) is 4.98 Å². The van der Waals surface area contributed by atoms with Crippen molar-refractivity contribution in [2.75, 3.05) is 0 Å². The van der Waals surface area contributed by atoms with E-state index in [2.05, 4.69) is 25.9 Å². The van der Waals surface area contributed by atoms with Crippen LogP contribution in [0.25, 0.3) is 0 Å². The molecule has 15 heavy (non-hydrogen) atoms. The average Bonchev–Trinajstić information content (AvgIpc) is 2.65. The van der Waals surface area contributed by atoms with Gasteiger partial charge in [-0.1, -0.05) is 0 Å². The first-order chi connectivity index (χ1) is 7.29. The van der Waals surface area contributed by atoms with Gasteiger partial charge < -0.3 is 4.57 Å². The molecule has 0 aromatic carbocycles. The SMILES string of the molecule is N#Cc1nccn1Cc1cncc(Br)c1. The van der Waals surface area contributed by atoms with Gasteiger partial charge in [0.25, 0.3) is 0 Å². The zero-order valence-corrected chi connectivity index (χ0v) is 9.35. The van der Waals surface area contributed by atoms with Crippen LogP contribution in [0.15, 0.2) is 35.3 Å². The molecule has 74 valence electrons. The molecule has 0 bridgehead atoms. The third-order valence-electron chi connectivity index (χ3n) is 1.93. The van der Waals surface area contributed by atoms with Crippen molar-refractivity contribution in [3.8, 4) is 6.07 Å². The second kappa shape index (κ2) is 4.24. The minimum absolute atomic E-state index is 0.412. The van der Waals surface area contributed by atoms with Crippen LogP contribution in [0.5, 0.6) is 0 Å². The third kappa shape index (κ3) is 2.22. The van der Waals surface area contributed by atoms with E-state index < -0.39 is 0 Å². The highest BCUT2D eigenvalue weighted by atomic mass is 79.9. The zero-order valence-electron chi connectivity index (χ0n) is 7.76. The van der Waals surface area contributed by atoms with Gasteiger partial charge in [0.2, 0.25) is 5.82 Å². The fraction of sp³-hybridized carbons (Fsp3) is 0.100. The summed E-state index contributed by atoms with van der Waals surface area (Å²) in [5.41, 5.74) is 1.03. The van der Waals surface area contributed by atoms with Crippen molar-refractivity contribution in [2.24, 2.45) is 0 Å². The number of pyridine rings is 1. The summed E-state index contributed by atoms with van der Waals surface area (Å²) in [5.74, 6) is 0.412. The summed E-state index contributed by atoms with van der Waals surface area (Å²) in [6.45, 7) is 0.606. The normalized spacial score (nSPS) is 9.87. The Bertz CT molecular complexity index is 512. The predicted molar refractivity (Wildman–Crippen MR) is 58.0 cm³/mol. The number of nitriles is 1. The molecule has 0 saturated heterocycles. The molecule has 0 unspecified atom stereocenters. The van der Waals surface area contributed by atoms with Crippen LogP contribution in [0.1, 0.15) is 11.4 Å². The first-order valence-corrected chi connectivity index (χ1v) is 5.09. The Hall–Kier alpha value is -1.67. The number of hydrogen-bond donors (Lipinski definition) is 0. The van der Waals surface area contributed by atoms with Crippen molar-refractivity contribution in [2.45, 2.75) is 6.54 Å².